The molecule has 6 aromatic carbocycles. The van der Waals surface area contributed by atoms with Crippen molar-refractivity contribution in [1.29, 1.82) is 0 Å². The first kappa shape index (κ1) is 50.4. The van der Waals surface area contributed by atoms with Crippen LogP contribution in [0.3, 0.4) is 0 Å². The number of hydrogen-bond donors (Lipinski definition) is 0. The molecular weight excluding hydrogens is 921 g/mol. The quantitative estimate of drug-likeness (QED) is 0.0598. The summed E-state index contributed by atoms with van der Waals surface area (Å²) in [5.41, 5.74) is 4.56. The van der Waals surface area contributed by atoms with Crippen molar-refractivity contribution in [2.75, 3.05) is 13.2 Å². The number of rotatable bonds is 18. The van der Waals surface area contributed by atoms with Crippen LogP contribution in [0.25, 0.3) is 0 Å². The van der Waals surface area contributed by atoms with Crippen LogP contribution in [0.4, 0.5) is 0 Å². The molecule has 374 valence electrons. The maximum absolute atomic E-state index is 14.2. The smallest absolute Gasteiger partial charge is 0.338 e. The van der Waals surface area contributed by atoms with Crippen LogP contribution in [0.5, 0.6) is 0 Å². The second kappa shape index (κ2) is 25.7. The van der Waals surface area contributed by atoms with Gasteiger partial charge in [0.2, 0.25) is 0 Å². The summed E-state index contributed by atoms with van der Waals surface area (Å²) in [7, 11) is 0. The number of carbonyl (C=O) groups is 3. The molecule has 0 amide bonds. The Morgan fingerprint density at radius 1 is 0.458 bits per heavy atom. The third kappa shape index (κ3) is 13.9. The summed E-state index contributed by atoms with van der Waals surface area (Å²) in [6.45, 7) is 0.228. The summed E-state index contributed by atoms with van der Waals surface area (Å²) >= 11 is 0. The first-order valence-electron chi connectivity index (χ1n) is 24.2. The van der Waals surface area contributed by atoms with Crippen LogP contribution in [-0.2, 0) is 94.7 Å². The maximum Gasteiger partial charge on any atom is 0.338 e. The molecule has 72 heavy (non-hydrogen) atoms. The van der Waals surface area contributed by atoms with E-state index in [9.17, 15) is 14.4 Å². The topological polar surface area (TPSA) is 153 Å². The fourth-order valence-corrected chi connectivity index (χ4v) is 8.76. The van der Waals surface area contributed by atoms with Crippen molar-refractivity contribution in [3.8, 4) is 0 Å². The Morgan fingerprint density at radius 3 is 1.46 bits per heavy atom. The highest BCUT2D eigenvalue weighted by Crippen LogP contribution is 2.37. The number of esters is 3. The zero-order valence-electron chi connectivity index (χ0n) is 39.7. The molecule has 0 N–H and O–H groups in total. The minimum atomic E-state index is -1.44. The normalized spacial score (nSPS) is 25.6. The Bertz CT molecular complexity index is 2570. The highest BCUT2D eigenvalue weighted by molar-refractivity contribution is 5.89. The van der Waals surface area contributed by atoms with E-state index in [1.807, 2.05) is 152 Å². The van der Waals surface area contributed by atoms with Crippen molar-refractivity contribution >= 4 is 17.9 Å². The monoisotopic (exact) mass is 978 g/mol. The largest absolute Gasteiger partial charge is 0.463 e. The van der Waals surface area contributed by atoms with E-state index in [4.69, 9.17) is 52.1 Å². The summed E-state index contributed by atoms with van der Waals surface area (Å²) in [4.78, 5) is 41.9. The van der Waals surface area contributed by atoms with E-state index >= 15 is 0 Å². The third-order valence-electron chi connectivity index (χ3n) is 12.4. The standard InChI is InChI=1S/C58H58O14/c59-48-31-32-49(60)70-53-51(46(38-62-33-40-19-7-1-8-20-40)68-57(67-37-44-27-15-5-16-28-44)55(53)71-56(61)45-29-17-6-18-30-45)72-58-54(66-36-43-25-13-4-14-26-43)52(65-35-42-23-11-3-12-24-42)50(47(69-58)39-63-48)64-34-41-21-9-2-10-22-41/h1-30,46-47,50-55,57-58H,31-39H2/t46-,47-,50-,51-,52+,53+,54+,55-,57+,58+/m1/s1. The zero-order chi connectivity index (χ0) is 49.3. The number of hydrogen-bond acceptors (Lipinski definition) is 14. The second-order valence-electron chi connectivity index (χ2n) is 17.6. The molecule has 0 saturated carbocycles. The van der Waals surface area contributed by atoms with Crippen LogP contribution in [0.15, 0.2) is 182 Å². The van der Waals surface area contributed by atoms with Gasteiger partial charge in [-0.3, -0.25) is 9.59 Å². The van der Waals surface area contributed by atoms with Crippen LogP contribution in [0, 0.1) is 0 Å². The molecule has 9 rings (SSSR count). The van der Waals surface area contributed by atoms with Crippen molar-refractivity contribution in [3.63, 3.8) is 0 Å². The minimum absolute atomic E-state index is 0.0358. The van der Waals surface area contributed by atoms with Crippen molar-refractivity contribution < 1.29 is 66.5 Å². The van der Waals surface area contributed by atoms with Gasteiger partial charge in [-0.05, 0) is 39.9 Å². The number of cyclic esters (lactones) is 1. The van der Waals surface area contributed by atoms with Gasteiger partial charge in [0.25, 0.3) is 0 Å². The molecule has 14 heteroatoms. The fourth-order valence-electron chi connectivity index (χ4n) is 8.76. The summed E-state index contributed by atoms with van der Waals surface area (Å²) < 4.78 is 73.0. The summed E-state index contributed by atoms with van der Waals surface area (Å²) in [6.07, 6.45) is -12.5. The van der Waals surface area contributed by atoms with Gasteiger partial charge in [0.1, 0.15) is 43.2 Å². The van der Waals surface area contributed by atoms with Gasteiger partial charge in [0, 0.05) is 0 Å². The molecule has 3 aliphatic heterocycles. The Kier molecular flexibility index (Phi) is 18.0. The van der Waals surface area contributed by atoms with Gasteiger partial charge in [-0.2, -0.15) is 0 Å². The van der Waals surface area contributed by atoms with E-state index in [2.05, 4.69) is 0 Å². The van der Waals surface area contributed by atoms with Crippen molar-refractivity contribution in [2.45, 2.75) is 107 Å². The summed E-state index contributed by atoms with van der Waals surface area (Å²) in [6, 6.07) is 56.4. The number of carbonyl (C=O) groups excluding carboxylic acids is 3. The van der Waals surface area contributed by atoms with Crippen LogP contribution in [-0.4, -0.2) is 92.5 Å². The molecule has 6 aromatic rings. The van der Waals surface area contributed by atoms with E-state index in [1.165, 1.54) is 0 Å². The minimum Gasteiger partial charge on any atom is -0.463 e. The van der Waals surface area contributed by atoms with Crippen LogP contribution in [0.2, 0.25) is 0 Å². The molecular formula is C58H58O14. The average molecular weight is 979 g/mol. The van der Waals surface area contributed by atoms with Crippen molar-refractivity contribution in [3.05, 3.63) is 215 Å². The second-order valence-corrected chi connectivity index (χ2v) is 17.6. The fraction of sp³-hybridized carbons (Fsp3) is 0.328. The van der Waals surface area contributed by atoms with Crippen LogP contribution in [0.1, 0.15) is 51.0 Å². The SMILES string of the molecule is O=C1CCC(=O)O[C@@H]2[C@@H](OC(=O)c3ccccc3)[C@@H](OCc3ccccc3)O[C@H](COCc3ccccc3)[C@H]2O[C@@H]2O[C@H](CO1)[C@@H](OCc1ccccc1)[C@H](OCc1ccccc1)[C@@H]2OCc1ccccc1. The number of ether oxygens (including phenoxy) is 11. The highest BCUT2D eigenvalue weighted by atomic mass is 16.8. The lowest BCUT2D eigenvalue weighted by atomic mass is 9.95. The molecule has 14 nitrogen and oxygen atoms in total. The van der Waals surface area contributed by atoms with Crippen LogP contribution < -0.4 is 0 Å². The lowest BCUT2D eigenvalue weighted by Crippen LogP contribution is -2.66. The van der Waals surface area contributed by atoms with E-state index in [1.54, 1.807) is 30.3 Å². The van der Waals surface area contributed by atoms with E-state index in [0.29, 0.717) is 0 Å². The maximum atomic E-state index is 14.2. The molecule has 3 aliphatic rings. The lowest BCUT2D eigenvalue weighted by Gasteiger charge is -2.49. The number of fused-ring (bicyclic) bond motifs is 3. The van der Waals surface area contributed by atoms with Gasteiger partial charge in [-0.1, -0.05) is 170 Å². The van der Waals surface area contributed by atoms with Gasteiger partial charge in [-0.25, -0.2) is 4.79 Å². The molecule has 3 fully saturated rings. The first-order valence-corrected chi connectivity index (χ1v) is 24.2. The predicted molar refractivity (Wildman–Crippen MR) is 260 cm³/mol. The van der Waals surface area contributed by atoms with Gasteiger partial charge >= 0.3 is 17.9 Å². The number of benzene rings is 6. The van der Waals surface area contributed by atoms with Gasteiger partial charge in [0.15, 0.2) is 24.8 Å². The van der Waals surface area contributed by atoms with Crippen LogP contribution >= 0.6 is 0 Å². The molecule has 0 aromatic heterocycles. The van der Waals surface area contributed by atoms with E-state index in [-0.39, 0.29) is 64.7 Å². The highest BCUT2D eigenvalue weighted by Gasteiger charge is 2.56. The van der Waals surface area contributed by atoms with Gasteiger partial charge in [-0.15, -0.1) is 0 Å². The Labute approximate surface area is 418 Å². The molecule has 10 atom stereocenters. The summed E-state index contributed by atoms with van der Waals surface area (Å²) in [5.74, 6) is -2.19. The van der Waals surface area contributed by atoms with Crippen molar-refractivity contribution in [1.82, 2.24) is 0 Å². The molecule has 0 radical (unpaired) electrons. The van der Waals surface area contributed by atoms with Crippen molar-refractivity contribution in [2.24, 2.45) is 0 Å². The molecule has 0 unspecified atom stereocenters. The summed E-state index contributed by atoms with van der Waals surface area (Å²) in [5, 5.41) is 0. The third-order valence-corrected chi connectivity index (χ3v) is 12.4. The first-order chi connectivity index (χ1) is 35.4. The molecule has 0 spiro atoms. The molecule has 2 bridgehead atoms. The zero-order valence-corrected chi connectivity index (χ0v) is 39.7. The molecule has 3 heterocycles. The van der Waals surface area contributed by atoms with Gasteiger partial charge < -0.3 is 52.1 Å². The Hall–Kier alpha value is -6.59. The average Bonchev–Trinajstić information content (AvgIpc) is 3.43. The van der Waals surface area contributed by atoms with E-state index in [0.717, 1.165) is 27.8 Å². The Morgan fingerprint density at radius 2 is 0.917 bits per heavy atom. The predicted octanol–water partition coefficient (Wildman–Crippen LogP) is 8.49. The molecule has 0 aliphatic carbocycles. The molecule has 3 saturated heterocycles. The van der Waals surface area contributed by atoms with E-state index < -0.39 is 79.3 Å². The Balaban J connectivity index is 1.13. The van der Waals surface area contributed by atoms with Gasteiger partial charge in [0.05, 0.1) is 58.0 Å². The lowest BCUT2D eigenvalue weighted by molar-refractivity contribution is -0.370.